The van der Waals surface area contributed by atoms with E-state index in [4.69, 9.17) is 14.2 Å². The molecule has 1 aliphatic rings. The number of nitrogens with one attached hydrogen (secondary N) is 1. The Hall–Kier alpha value is -3.03. The number of carbonyl (C=O) groups excluding carboxylic acids is 1. The fraction of sp³-hybridized carbons (Fsp3) is 0.296. The van der Waals surface area contributed by atoms with Crippen LogP contribution in [-0.4, -0.2) is 42.0 Å². The summed E-state index contributed by atoms with van der Waals surface area (Å²) in [6, 6.07) is 28.8. The van der Waals surface area contributed by atoms with Gasteiger partial charge in [-0.3, -0.25) is 4.79 Å². The lowest BCUT2D eigenvalue weighted by Crippen LogP contribution is -2.65. The summed E-state index contributed by atoms with van der Waals surface area (Å²) in [5, 5.41) is 13.5. The highest BCUT2D eigenvalue weighted by Crippen LogP contribution is 2.22. The van der Waals surface area contributed by atoms with Crippen LogP contribution >= 0.6 is 0 Å². The van der Waals surface area contributed by atoms with Crippen LogP contribution in [0, 0.1) is 0 Å². The van der Waals surface area contributed by atoms with Crippen molar-refractivity contribution in [1.29, 1.82) is 0 Å². The van der Waals surface area contributed by atoms with Gasteiger partial charge >= 0.3 is 0 Å². The van der Waals surface area contributed by atoms with E-state index >= 15 is 0 Å². The number of benzene rings is 3. The monoisotopic (exact) mass is 447 g/mol. The fourth-order valence-corrected chi connectivity index (χ4v) is 3.85. The number of hydrogen-bond acceptors (Lipinski definition) is 5. The summed E-state index contributed by atoms with van der Waals surface area (Å²) in [5.74, 6) is -0.485. The first kappa shape index (κ1) is 23.1. The highest BCUT2D eigenvalue weighted by atomic mass is 16.6. The largest absolute Gasteiger partial charge is 0.380 e. The minimum atomic E-state index is -1.33. The average Bonchev–Trinajstić information content (AvgIpc) is 2.86. The van der Waals surface area contributed by atoms with Gasteiger partial charge in [0.15, 0.2) is 6.10 Å². The second-order valence-electron chi connectivity index (χ2n) is 8.08. The van der Waals surface area contributed by atoms with E-state index < -0.39 is 30.3 Å². The van der Waals surface area contributed by atoms with Gasteiger partial charge in [0.05, 0.1) is 32.5 Å². The van der Waals surface area contributed by atoms with Gasteiger partial charge in [-0.2, -0.15) is 0 Å². The molecule has 4 atom stereocenters. The van der Waals surface area contributed by atoms with E-state index in [2.05, 4.69) is 5.32 Å². The molecule has 1 heterocycles. The number of amides is 1. The first-order chi connectivity index (χ1) is 16.2. The summed E-state index contributed by atoms with van der Waals surface area (Å²) in [4.78, 5) is 12.5. The van der Waals surface area contributed by atoms with Crippen LogP contribution in [0.1, 0.15) is 16.7 Å². The number of carbonyl (C=O) groups is 1. The summed E-state index contributed by atoms with van der Waals surface area (Å²) in [6.07, 6.45) is -2.75. The number of hydrogen-bond donors (Lipinski definition) is 2. The zero-order valence-electron chi connectivity index (χ0n) is 18.4. The zero-order valence-corrected chi connectivity index (χ0v) is 18.4. The Morgan fingerprint density at radius 2 is 1.12 bits per heavy atom. The van der Waals surface area contributed by atoms with E-state index in [9.17, 15) is 9.90 Å². The topological polar surface area (TPSA) is 77.0 Å². The van der Waals surface area contributed by atoms with Gasteiger partial charge < -0.3 is 24.6 Å². The van der Waals surface area contributed by atoms with Crippen LogP contribution in [0.3, 0.4) is 0 Å². The van der Waals surface area contributed by atoms with Gasteiger partial charge in [0.25, 0.3) is 5.91 Å². The standard InChI is InChI=1S/C27H29NO5/c29-24-26(33-18-22-14-8-3-9-15-22)25(32-17-21-12-6-2-7-13-21)23(28-27(24)30)19-31-16-20-10-4-1-5-11-20/h1-15,23-26,29H,16-19H2,(H,28,30)/t23-,24-,25-,26-/m1/s1. The second-order valence-corrected chi connectivity index (χ2v) is 8.08. The minimum Gasteiger partial charge on any atom is -0.380 e. The van der Waals surface area contributed by atoms with Crippen LogP contribution < -0.4 is 5.32 Å². The molecule has 0 spiro atoms. The van der Waals surface area contributed by atoms with Crippen molar-refractivity contribution in [2.75, 3.05) is 6.61 Å². The van der Waals surface area contributed by atoms with Gasteiger partial charge in [0, 0.05) is 0 Å². The molecule has 0 unspecified atom stereocenters. The van der Waals surface area contributed by atoms with Crippen LogP contribution in [0.15, 0.2) is 91.0 Å². The van der Waals surface area contributed by atoms with Crippen molar-refractivity contribution < 1.29 is 24.1 Å². The Balaban J connectivity index is 1.46. The highest BCUT2D eigenvalue weighted by molar-refractivity contribution is 5.82. The molecule has 6 nitrogen and oxygen atoms in total. The molecule has 1 fully saturated rings. The fourth-order valence-electron chi connectivity index (χ4n) is 3.85. The summed E-state index contributed by atoms with van der Waals surface area (Å²) in [5.41, 5.74) is 2.99. The number of rotatable bonds is 10. The lowest BCUT2D eigenvalue weighted by molar-refractivity contribution is -0.180. The van der Waals surface area contributed by atoms with E-state index in [1.165, 1.54) is 0 Å². The van der Waals surface area contributed by atoms with Crippen LogP contribution in [0.4, 0.5) is 0 Å². The molecule has 1 amide bonds. The molecular formula is C27H29NO5. The van der Waals surface area contributed by atoms with Gasteiger partial charge in [-0.1, -0.05) is 91.0 Å². The van der Waals surface area contributed by atoms with E-state index in [1.807, 2.05) is 91.0 Å². The van der Waals surface area contributed by atoms with Crippen molar-refractivity contribution in [3.8, 4) is 0 Å². The predicted octanol–water partition coefficient (Wildman–Crippen LogP) is 3.23. The molecule has 0 aliphatic carbocycles. The molecule has 0 radical (unpaired) electrons. The number of aliphatic hydroxyl groups is 1. The minimum absolute atomic E-state index is 0.234. The third kappa shape index (κ3) is 6.49. The lowest BCUT2D eigenvalue weighted by atomic mass is 9.95. The molecule has 3 aromatic rings. The SMILES string of the molecule is O=C1N[C@H](COCc2ccccc2)[C@@H](OCc2ccccc2)[C@H](OCc2ccccc2)[C@H]1O. The van der Waals surface area contributed by atoms with Crippen molar-refractivity contribution in [3.05, 3.63) is 108 Å². The van der Waals surface area contributed by atoms with Crippen LogP contribution in [0.5, 0.6) is 0 Å². The summed E-state index contributed by atoms with van der Waals surface area (Å²) in [7, 11) is 0. The molecule has 33 heavy (non-hydrogen) atoms. The van der Waals surface area contributed by atoms with Crippen molar-refractivity contribution >= 4 is 5.91 Å². The smallest absolute Gasteiger partial charge is 0.252 e. The first-order valence-corrected chi connectivity index (χ1v) is 11.1. The summed E-state index contributed by atoms with van der Waals surface area (Å²) < 4.78 is 18.2. The molecule has 172 valence electrons. The number of ether oxygens (including phenoxy) is 3. The van der Waals surface area contributed by atoms with E-state index in [0.717, 1.165) is 16.7 Å². The van der Waals surface area contributed by atoms with Gasteiger partial charge in [-0.05, 0) is 16.7 Å². The summed E-state index contributed by atoms with van der Waals surface area (Å²) in [6.45, 7) is 1.24. The molecule has 1 aliphatic heterocycles. The third-order valence-electron chi connectivity index (χ3n) is 5.61. The van der Waals surface area contributed by atoms with Crippen molar-refractivity contribution in [1.82, 2.24) is 5.32 Å². The maximum Gasteiger partial charge on any atom is 0.252 e. The molecule has 0 bridgehead atoms. The normalized spacial score (nSPS) is 22.6. The molecule has 6 heteroatoms. The number of aliphatic hydroxyl groups excluding tert-OH is 1. The highest BCUT2D eigenvalue weighted by Gasteiger charge is 2.45. The van der Waals surface area contributed by atoms with Crippen LogP contribution in [-0.2, 0) is 38.8 Å². The van der Waals surface area contributed by atoms with Crippen LogP contribution in [0.2, 0.25) is 0 Å². The Bertz CT molecular complexity index is 983. The van der Waals surface area contributed by atoms with Gasteiger partial charge in [-0.15, -0.1) is 0 Å². The molecular weight excluding hydrogens is 418 g/mol. The molecule has 1 saturated heterocycles. The summed E-state index contributed by atoms with van der Waals surface area (Å²) >= 11 is 0. The Morgan fingerprint density at radius 3 is 1.64 bits per heavy atom. The van der Waals surface area contributed by atoms with Gasteiger partial charge in [-0.25, -0.2) is 0 Å². The van der Waals surface area contributed by atoms with Crippen molar-refractivity contribution in [2.45, 2.75) is 44.2 Å². The molecule has 4 rings (SSSR count). The molecule has 2 N–H and O–H groups in total. The quantitative estimate of drug-likeness (QED) is 0.499. The first-order valence-electron chi connectivity index (χ1n) is 11.1. The molecule has 0 saturated carbocycles. The molecule has 0 aromatic heterocycles. The second kappa shape index (κ2) is 11.7. The van der Waals surface area contributed by atoms with E-state index in [0.29, 0.717) is 13.2 Å². The molecule has 3 aromatic carbocycles. The number of piperidine rings is 1. The Kier molecular flexibility index (Phi) is 8.22. The van der Waals surface area contributed by atoms with Gasteiger partial charge in [0.2, 0.25) is 0 Å². The van der Waals surface area contributed by atoms with E-state index in [-0.39, 0.29) is 13.2 Å². The zero-order chi connectivity index (χ0) is 22.9. The van der Waals surface area contributed by atoms with Crippen molar-refractivity contribution in [2.24, 2.45) is 0 Å². The third-order valence-corrected chi connectivity index (χ3v) is 5.61. The average molecular weight is 448 g/mol. The van der Waals surface area contributed by atoms with Crippen LogP contribution in [0.25, 0.3) is 0 Å². The predicted molar refractivity (Wildman–Crippen MR) is 124 cm³/mol. The van der Waals surface area contributed by atoms with E-state index in [1.54, 1.807) is 0 Å². The maximum absolute atomic E-state index is 12.5. The Morgan fingerprint density at radius 1 is 0.667 bits per heavy atom. The maximum atomic E-state index is 12.5. The lowest BCUT2D eigenvalue weighted by Gasteiger charge is -2.40. The Labute approximate surface area is 194 Å². The van der Waals surface area contributed by atoms with Crippen molar-refractivity contribution in [3.63, 3.8) is 0 Å². The van der Waals surface area contributed by atoms with Gasteiger partial charge in [0.1, 0.15) is 12.2 Å².